The van der Waals surface area contributed by atoms with Crippen molar-refractivity contribution in [1.29, 1.82) is 0 Å². The van der Waals surface area contributed by atoms with Gasteiger partial charge in [0, 0.05) is 18.0 Å². The van der Waals surface area contributed by atoms with Crippen molar-refractivity contribution < 1.29 is 9.84 Å². The number of aliphatic hydroxyl groups excluding tert-OH is 1. The molecule has 1 aliphatic carbocycles. The lowest BCUT2D eigenvalue weighted by atomic mass is 9.82. The molecule has 1 aromatic carbocycles. The molecule has 0 heterocycles. The highest BCUT2D eigenvalue weighted by atomic mass is 79.9. The summed E-state index contributed by atoms with van der Waals surface area (Å²) in [5.41, 5.74) is 1.15. The minimum Gasteiger partial charge on any atom is -0.390 e. The van der Waals surface area contributed by atoms with E-state index in [4.69, 9.17) is 4.74 Å². The number of hydrogen-bond acceptors (Lipinski definition) is 2. The van der Waals surface area contributed by atoms with Gasteiger partial charge in [0.15, 0.2) is 0 Å². The number of hydrogen-bond donors (Lipinski definition) is 1. The van der Waals surface area contributed by atoms with Crippen molar-refractivity contribution in [3.63, 3.8) is 0 Å². The van der Waals surface area contributed by atoms with Crippen LogP contribution in [-0.4, -0.2) is 24.4 Å². The second kappa shape index (κ2) is 7.41. The smallest absolute Gasteiger partial charge is 0.0861 e. The SMILES string of the molecule is COC(C(O)Cc1cccc(Br)c1)C1CCCCC1. The highest BCUT2D eigenvalue weighted by molar-refractivity contribution is 9.10. The molecule has 0 amide bonds. The average Bonchev–Trinajstić information content (AvgIpc) is 2.41. The van der Waals surface area contributed by atoms with Crippen LogP contribution in [0.1, 0.15) is 37.7 Å². The fourth-order valence-electron chi connectivity index (χ4n) is 3.15. The van der Waals surface area contributed by atoms with Gasteiger partial charge in [0.1, 0.15) is 0 Å². The zero-order chi connectivity index (χ0) is 13.7. The summed E-state index contributed by atoms with van der Waals surface area (Å²) in [7, 11) is 1.73. The number of rotatable bonds is 5. The first kappa shape index (κ1) is 15.0. The van der Waals surface area contributed by atoms with Crippen molar-refractivity contribution in [1.82, 2.24) is 0 Å². The lowest BCUT2D eigenvalue weighted by Gasteiger charge is -2.32. The molecule has 2 atom stereocenters. The molecule has 0 spiro atoms. The molecule has 3 heteroatoms. The van der Waals surface area contributed by atoms with Gasteiger partial charge in [-0.3, -0.25) is 0 Å². The third-order valence-corrected chi connectivity index (χ3v) is 4.59. The van der Waals surface area contributed by atoms with Gasteiger partial charge in [0.2, 0.25) is 0 Å². The molecule has 1 fully saturated rings. The molecule has 0 radical (unpaired) electrons. The number of ether oxygens (including phenoxy) is 1. The molecule has 0 aromatic heterocycles. The molecular formula is C16H23BrO2. The van der Waals surface area contributed by atoms with E-state index in [1.54, 1.807) is 7.11 Å². The minimum absolute atomic E-state index is 0.0284. The molecule has 2 unspecified atom stereocenters. The predicted molar refractivity (Wildman–Crippen MR) is 81.2 cm³/mol. The number of methoxy groups -OCH3 is 1. The minimum atomic E-state index is -0.414. The topological polar surface area (TPSA) is 29.5 Å². The van der Waals surface area contributed by atoms with Crippen molar-refractivity contribution >= 4 is 15.9 Å². The Morgan fingerprint density at radius 1 is 1.32 bits per heavy atom. The van der Waals surface area contributed by atoms with Gasteiger partial charge < -0.3 is 9.84 Å². The maximum Gasteiger partial charge on any atom is 0.0861 e. The Balaban J connectivity index is 1.97. The number of benzene rings is 1. The highest BCUT2D eigenvalue weighted by Crippen LogP contribution is 2.30. The maximum absolute atomic E-state index is 10.5. The molecule has 19 heavy (non-hydrogen) atoms. The van der Waals surface area contributed by atoms with Crippen LogP contribution in [0.2, 0.25) is 0 Å². The Labute approximate surface area is 124 Å². The molecule has 1 aliphatic rings. The van der Waals surface area contributed by atoms with E-state index in [0.717, 1.165) is 10.0 Å². The van der Waals surface area contributed by atoms with Gasteiger partial charge in [-0.2, -0.15) is 0 Å². The fourth-order valence-corrected chi connectivity index (χ4v) is 3.59. The summed E-state index contributed by atoms with van der Waals surface area (Å²) >= 11 is 3.47. The van der Waals surface area contributed by atoms with Gasteiger partial charge in [-0.15, -0.1) is 0 Å². The van der Waals surface area contributed by atoms with E-state index in [0.29, 0.717) is 12.3 Å². The van der Waals surface area contributed by atoms with Gasteiger partial charge in [0.25, 0.3) is 0 Å². The van der Waals surface area contributed by atoms with E-state index in [9.17, 15) is 5.11 Å². The molecule has 0 aliphatic heterocycles. The highest BCUT2D eigenvalue weighted by Gasteiger charge is 2.29. The van der Waals surface area contributed by atoms with Gasteiger partial charge in [-0.25, -0.2) is 0 Å². The molecule has 1 N–H and O–H groups in total. The van der Waals surface area contributed by atoms with Crippen molar-refractivity contribution in [2.75, 3.05) is 7.11 Å². The summed E-state index contributed by atoms with van der Waals surface area (Å²) in [4.78, 5) is 0. The summed E-state index contributed by atoms with van der Waals surface area (Å²) in [6.07, 6.45) is 6.47. The second-order valence-electron chi connectivity index (χ2n) is 5.50. The maximum atomic E-state index is 10.5. The Kier molecular flexibility index (Phi) is 5.86. The Morgan fingerprint density at radius 3 is 2.68 bits per heavy atom. The van der Waals surface area contributed by atoms with Crippen LogP contribution < -0.4 is 0 Å². The molecule has 2 rings (SSSR count). The summed E-state index contributed by atoms with van der Waals surface area (Å²) in [6.45, 7) is 0. The zero-order valence-electron chi connectivity index (χ0n) is 11.5. The summed E-state index contributed by atoms with van der Waals surface area (Å²) in [6, 6.07) is 8.14. The van der Waals surface area contributed by atoms with Crippen LogP contribution in [0.3, 0.4) is 0 Å². The van der Waals surface area contributed by atoms with E-state index in [1.165, 1.54) is 32.1 Å². The monoisotopic (exact) mass is 326 g/mol. The second-order valence-corrected chi connectivity index (χ2v) is 6.42. The zero-order valence-corrected chi connectivity index (χ0v) is 13.1. The van der Waals surface area contributed by atoms with Crippen molar-refractivity contribution in [2.24, 2.45) is 5.92 Å². The fraction of sp³-hybridized carbons (Fsp3) is 0.625. The van der Waals surface area contributed by atoms with Crippen molar-refractivity contribution in [3.8, 4) is 0 Å². The Hall–Kier alpha value is -0.380. The molecule has 0 bridgehead atoms. The van der Waals surface area contributed by atoms with Crippen molar-refractivity contribution in [3.05, 3.63) is 34.3 Å². The van der Waals surface area contributed by atoms with E-state index in [-0.39, 0.29) is 6.10 Å². The van der Waals surface area contributed by atoms with E-state index >= 15 is 0 Å². The van der Waals surface area contributed by atoms with Crippen LogP contribution in [0.15, 0.2) is 28.7 Å². The lowest BCUT2D eigenvalue weighted by molar-refractivity contribution is -0.0535. The van der Waals surface area contributed by atoms with E-state index in [1.807, 2.05) is 12.1 Å². The van der Waals surface area contributed by atoms with Crippen LogP contribution in [0.4, 0.5) is 0 Å². The Morgan fingerprint density at radius 2 is 2.05 bits per heavy atom. The third kappa shape index (κ3) is 4.30. The van der Waals surface area contributed by atoms with Crippen molar-refractivity contribution in [2.45, 2.75) is 50.7 Å². The first-order valence-corrected chi connectivity index (χ1v) is 7.95. The van der Waals surface area contributed by atoms with Gasteiger partial charge in [-0.05, 0) is 36.5 Å². The largest absolute Gasteiger partial charge is 0.390 e. The van der Waals surface area contributed by atoms with Gasteiger partial charge in [-0.1, -0.05) is 47.3 Å². The van der Waals surface area contributed by atoms with E-state index < -0.39 is 6.10 Å². The first-order chi connectivity index (χ1) is 9.20. The summed E-state index contributed by atoms with van der Waals surface area (Å²) < 4.78 is 6.65. The standard InChI is InChI=1S/C16H23BrO2/c1-19-16(13-7-3-2-4-8-13)15(18)11-12-6-5-9-14(17)10-12/h5-6,9-10,13,15-16,18H,2-4,7-8,11H2,1H3. The number of halogens is 1. The van der Waals surface area contributed by atoms with E-state index in [2.05, 4.69) is 28.1 Å². The number of aliphatic hydroxyl groups is 1. The molecule has 0 saturated heterocycles. The molecule has 1 aromatic rings. The summed E-state index contributed by atoms with van der Waals surface area (Å²) in [5.74, 6) is 0.515. The normalized spacial score (nSPS) is 20.2. The van der Waals surface area contributed by atoms with Crippen LogP contribution in [0, 0.1) is 5.92 Å². The first-order valence-electron chi connectivity index (χ1n) is 7.16. The molecule has 2 nitrogen and oxygen atoms in total. The molecular weight excluding hydrogens is 304 g/mol. The quantitative estimate of drug-likeness (QED) is 0.887. The molecule has 106 valence electrons. The van der Waals surface area contributed by atoms with Crippen LogP contribution in [-0.2, 0) is 11.2 Å². The summed E-state index contributed by atoms with van der Waals surface area (Å²) in [5, 5.41) is 10.5. The third-order valence-electron chi connectivity index (χ3n) is 4.10. The Bertz CT molecular complexity index is 388. The van der Waals surface area contributed by atoms with Crippen LogP contribution in [0.25, 0.3) is 0 Å². The van der Waals surface area contributed by atoms with Gasteiger partial charge in [0.05, 0.1) is 12.2 Å². The molecule has 1 saturated carbocycles. The van der Waals surface area contributed by atoms with Gasteiger partial charge >= 0.3 is 0 Å². The predicted octanol–water partition coefficient (Wildman–Crippen LogP) is 3.95. The lowest BCUT2D eigenvalue weighted by Crippen LogP contribution is -2.37. The average molecular weight is 327 g/mol. The van der Waals surface area contributed by atoms with Crippen LogP contribution in [0.5, 0.6) is 0 Å². The van der Waals surface area contributed by atoms with Crippen LogP contribution >= 0.6 is 15.9 Å².